The number of phenolic OH excluding ortho intramolecular Hbond substituents is 1. The molecular weight excluding hydrogens is 306 g/mol. The van der Waals surface area contributed by atoms with Crippen LogP contribution < -0.4 is 15.5 Å². The molecule has 0 spiro atoms. The Kier molecular flexibility index (Phi) is 5.78. The minimum atomic E-state index is -0.456. The number of hydrogen-bond acceptors (Lipinski definition) is 5. The predicted octanol–water partition coefficient (Wildman–Crippen LogP) is 2.66. The number of para-hydroxylation sites is 1. The molecule has 1 amide bonds. The summed E-state index contributed by atoms with van der Waals surface area (Å²) in [5.74, 6) is 0.0406. The van der Waals surface area contributed by atoms with E-state index >= 15 is 0 Å². The van der Waals surface area contributed by atoms with Crippen LogP contribution >= 0.6 is 0 Å². The first-order valence-corrected chi connectivity index (χ1v) is 7.53. The summed E-state index contributed by atoms with van der Waals surface area (Å²) >= 11 is 0. The van der Waals surface area contributed by atoms with Gasteiger partial charge in [-0.3, -0.25) is 4.79 Å². The van der Waals surface area contributed by atoms with E-state index < -0.39 is 6.04 Å². The molecule has 126 valence electrons. The van der Waals surface area contributed by atoms with Gasteiger partial charge in [0.15, 0.2) is 11.5 Å². The van der Waals surface area contributed by atoms with Gasteiger partial charge in [0, 0.05) is 11.3 Å². The Balaban J connectivity index is 1.95. The van der Waals surface area contributed by atoms with Crippen LogP contribution in [0.15, 0.2) is 47.6 Å². The SMILES string of the molecule is COc1cccc(/C=N\NC(=O)[C@H](C)Nc2cccc(C)c2)c1O. The van der Waals surface area contributed by atoms with Gasteiger partial charge in [0.1, 0.15) is 6.04 Å². The van der Waals surface area contributed by atoms with E-state index in [0.717, 1.165) is 11.3 Å². The van der Waals surface area contributed by atoms with Crippen molar-refractivity contribution in [3.8, 4) is 11.5 Å². The van der Waals surface area contributed by atoms with Gasteiger partial charge in [-0.25, -0.2) is 5.43 Å². The van der Waals surface area contributed by atoms with Crippen LogP contribution in [0.5, 0.6) is 11.5 Å². The number of methoxy groups -OCH3 is 1. The van der Waals surface area contributed by atoms with E-state index in [4.69, 9.17) is 4.74 Å². The maximum absolute atomic E-state index is 12.1. The minimum absolute atomic E-state index is 0.0241. The number of nitrogens with one attached hydrogen (secondary N) is 2. The molecule has 0 unspecified atom stereocenters. The van der Waals surface area contributed by atoms with Crippen molar-refractivity contribution in [2.45, 2.75) is 19.9 Å². The maximum atomic E-state index is 12.1. The van der Waals surface area contributed by atoms with Gasteiger partial charge in [-0.1, -0.05) is 18.2 Å². The Morgan fingerprint density at radius 2 is 2.04 bits per heavy atom. The predicted molar refractivity (Wildman–Crippen MR) is 94.7 cm³/mol. The van der Waals surface area contributed by atoms with Gasteiger partial charge >= 0.3 is 0 Å². The average Bonchev–Trinajstić information content (AvgIpc) is 2.56. The summed E-state index contributed by atoms with van der Waals surface area (Å²) in [4.78, 5) is 12.1. The molecule has 6 heteroatoms. The molecule has 0 aliphatic heterocycles. The van der Waals surface area contributed by atoms with Crippen LogP contribution in [0.2, 0.25) is 0 Å². The third-order valence-corrected chi connectivity index (χ3v) is 3.42. The van der Waals surface area contributed by atoms with Crippen LogP contribution in [0.25, 0.3) is 0 Å². The molecule has 2 rings (SSSR count). The highest BCUT2D eigenvalue weighted by atomic mass is 16.5. The summed E-state index contributed by atoms with van der Waals surface area (Å²) in [7, 11) is 1.47. The molecule has 0 fully saturated rings. The second-order valence-corrected chi connectivity index (χ2v) is 5.37. The van der Waals surface area contributed by atoms with Crippen molar-refractivity contribution in [2.24, 2.45) is 5.10 Å². The zero-order valence-electron chi connectivity index (χ0n) is 13.9. The van der Waals surface area contributed by atoms with Gasteiger partial charge in [-0.05, 0) is 43.7 Å². The Bertz CT molecular complexity index is 744. The van der Waals surface area contributed by atoms with E-state index in [1.807, 2.05) is 31.2 Å². The zero-order chi connectivity index (χ0) is 17.5. The maximum Gasteiger partial charge on any atom is 0.262 e. The number of anilines is 1. The number of nitrogens with zero attached hydrogens (tertiary/aromatic N) is 1. The van der Waals surface area contributed by atoms with Crippen molar-refractivity contribution < 1.29 is 14.6 Å². The number of hydrazone groups is 1. The van der Waals surface area contributed by atoms with Crippen LogP contribution in [0.4, 0.5) is 5.69 Å². The molecule has 6 nitrogen and oxygen atoms in total. The number of aryl methyl sites for hydroxylation is 1. The molecule has 0 saturated heterocycles. The Labute approximate surface area is 141 Å². The molecule has 0 aromatic heterocycles. The summed E-state index contributed by atoms with van der Waals surface area (Å²) < 4.78 is 5.02. The fraction of sp³-hybridized carbons (Fsp3) is 0.222. The molecule has 0 bridgehead atoms. The third kappa shape index (κ3) is 4.49. The molecule has 0 heterocycles. The van der Waals surface area contributed by atoms with Crippen molar-refractivity contribution in [3.63, 3.8) is 0 Å². The van der Waals surface area contributed by atoms with E-state index in [1.54, 1.807) is 25.1 Å². The molecule has 2 aromatic rings. The number of aromatic hydroxyl groups is 1. The lowest BCUT2D eigenvalue weighted by Gasteiger charge is -2.13. The fourth-order valence-corrected chi connectivity index (χ4v) is 2.12. The van der Waals surface area contributed by atoms with E-state index in [9.17, 15) is 9.90 Å². The molecule has 0 saturated carbocycles. The smallest absolute Gasteiger partial charge is 0.262 e. The normalized spacial score (nSPS) is 12.0. The second-order valence-electron chi connectivity index (χ2n) is 5.37. The lowest BCUT2D eigenvalue weighted by molar-refractivity contribution is -0.121. The Hall–Kier alpha value is -3.02. The largest absolute Gasteiger partial charge is 0.504 e. The minimum Gasteiger partial charge on any atom is -0.504 e. The quantitative estimate of drug-likeness (QED) is 0.563. The highest BCUT2D eigenvalue weighted by Crippen LogP contribution is 2.27. The molecule has 0 aliphatic carbocycles. The summed E-state index contributed by atoms with van der Waals surface area (Å²) in [6.07, 6.45) is 1.37. The van der Waals surface area contributed by atoms with E-state index in [0.29, 0.717) is 11.3 Å². The van der Waals surface area contributed by atoms with Gasteiger partial charge < -0.3 is 15.2 Å². The number of hydrogen-bond donors (Lipinski definition) is 3. The standard InChI is InChI=1S/C18H21N3O3/c1-12-6-4-8-15(10-12)20-13(2)18(23)21-19-11-14-7-5-9-16(24-3)17(14)22/h4-11,13,20,22H,1-3H3,(H,21,23)/b19-11-/t13-/m0/s1. The second kappa shape index (κ2) is 8.01. The molecule has 0 radical (unpaired) electrons. The molecule has 1 atom stereocenters. The molecule has 2 aromatic carbocycles. The van der Waals surface area contributed by atoms with Crippen LogP contribution in [0.1, 0.15) is 18.1 Å². The highest BCUT2D eigenvalue weighted by Gasteiger charge is 2.12. The number of carbonyl (C=O) groups is 1. The van der Waals surface area contributed by atoms with E-state index in [-0.39, 0.29) is 11.7 Å². The molecular formula is C18H21N3O3. The first-order valence-electron chi connectivity index (χ1n) is 7.53. The summed E-state index contributed by atoms with van der Waals surface area (Å²) in [5.41, 5.74) is 4.88. The fourth-order valence-electron chi connectivity index (χ4n) is 2.12. The number of carbonyl (C=O) groups excluding carboxylic acids is 1. The van der Waals surface area contributed by atoms with Crippen LogP contribution in [0, 0.1) is 6.92 Å². The number of ether oxygens (including phenoxy) is 1. The Morgan fingerprint density at radius 1 is 1.29 bits per heavy atom. The lowest BCUT2D eigenvalue weighted by Crippen LogP contribution is -2.34. The monoisotopic (exact) mass is 327 g/mol. The van der Waals surface area contributed by atoms with Gasteiger partial charge in [0.05, 0.1) is 13.3 Å². The van der Waals surface area contributed by atoms with E-state index in [1.165, 1.54) is 13.3 Å². The molecule has 3 N–H and O–H groups in total. The summed E-state index contributed by atoms with van der Waals surface area (Å²) in [6.45, 7) is 3.73. The van der Waals surface area contributed by atoms with Crippen molar-refractivity contribution in [1.29, 1.82) is 0 Å². The van der Waals surface area contributed by atoms with E-state index in [2.05, 4.69) is 15.8 Å². The number of benzene rings is 2. The highest BCUT2D eigenvalue weighted by molar-refractivity contribution is 5.88. The van der Waals surface area contributed by atoms with Crippen molar-refractivity contribution >= 4 is 17.8 Å². The molecule has 0 aliphatic rings. The number of amides is 1. The van der Waals surface area contributed by atoms with Gasteiger partial charge in [-0.15, -0.1) is 0 Å². The third-order valence-electron chi connectivity index (χ3n) is 3.42. The first kappa shape index (κ1) is 17.3. The first-order chi connectivity index (χ1) is 11.5. The van der Waals surface area contributed by atoms with Crippen molar-refractivity contribution in [3.05, 3.63) is 53.6 Å². The zero-order valence-corrected chi connectivity index (χ0v) is 13.9. The van der Waals surface area contributed by atoms with Crippen LogP contribution in [0.3, 0.4) is 0 Å². The van der Waals surface area contributed by atoms with Gasteiger partial charge in [0.25, 0.3) is 5.91 Å². The Morgan fingerprint density at radius 3 is 2.75 bits per heavy atom. The summed E-state index contributed by atoms with van der Waals surface area (Å²) in [5, 5.41) is 16.9. The van der Waals surface area contributed by atoms with Crippen LogP contribution in [-0.4, -0.2) is 30.4 Å². The summed E-state index contributed by atoms with van der Waals surface area (Å²) in [6, 6.07) is 12.3. The number of phenols is 1. The van der Waals surface area contributed by atoms with Gasteiger partial charge in [-0.2, -0.15) is 5.10 Å². The lowest BCUT2D eigenvalue weighted by atomic mass is 10.2. The van der Waals surface area contributed by atoms with Crippen LogP contribution in [-0.2, 0) is 4.79 Å². The average molecular weight is 327 g/mol. The molecule has 24 heavy (non-hydrogen) atoms. The van der Waals surface area contributed by atoms with Gasteiger partial charge in [0.2, 0.25) is 0 Å². The van der Waals surface area contributed by atoms with Crippen molar-refractivity contribution in [1.82, 2.24) is 5.43 Å². The topological polar surface area (TPSA) is 83.0 Å². The van der Waals surface area contributed by atoms with Crippen molar-refractivity contribution in [2.75, 3.05) is 12.4 Å². The number of rotatable bonds is 6.